The number of amides is 1. The molecule has 1 rings (SSSR count). The lowest BCUT2D eigenvalue weighted by Gasteiger charge is -2.27. The van der Waals surface area contributed by atoms with Crippen LogP contribution in [0.25, 0.3) is 0 Å². The van der Waals surface area contributed by atoms with Gasteiger partial charge in [0, 0.05) is 13.1 Å². The van der Waals surface area contributed by atoms with Crippen LogP contribution >= 0.6 is 0 Å². The molecule has 13 heavy (non-hydrogen) atoms. The molecule has 6 nitrogen and oxygen atoms in total. The van der Waals surface area contributed by atoms with Crippen molar-refractivity contribution in [1.82, 2.24) is 4.90 Å². The van der Waals surface area contributed by atoms with E-state index >= 15 is 0 Å². The summed E-state index contributed by atoms with van der Waals surface area (Å²) in [6, 6.07) is -1.45. The Morgan fingerprint density at radius 2 is 1.92 bits per heavy atom. The van der Waals surface area contributed by atoms with E-state index in [0.717, 1.165) is 0 Å². The molecule has 6 heteroatoms. The zero-order valence-corrected chi connectivity index (χ0v) is 7.10. The van der Waals surface area contributed by atoms with Crippen LogP contribution < -0.4 is 5.73 Å². The van der Waals surface area contributed by atoms with Gasteiger partial charge in [0.15, 0.2) is 6.04 Å². The number of hydrogen-bond acceptors (Lipinski definition) is 4. The predicted molar refractivity (Wildman–Crippen MR) is 43.0 cm³/mol. The van der Waals surface area contributed by atoms with Crippen LogP contribution in [-0.4, -0.2) is 54.2 Å². The van der Waals surface area contributed by atoms with Crippen LogP contribution in [0.15, 0.2) is 0 Å². The normalized spacial score (nSPS) is 19.6. The van der Waals surface area contributed by atoms with Gasteiger partial charge >= 0.3 is 5.97 Å². The number of carboxylic acid groups (broad SMARTS) is 1. The van der Waals surface area contributed by atoms with Gasteiger partial charge in [-0.2, -0.15) is 0 Å². The molecule has 1 fully saturated rings. The van der Waals surface area contributed by atoms with Gasteiger partial charge in [-0.15, -0.1) is 0 Å². The smallest absolute Gasteiger partial charge is 0.330 e. The summed E-state index contributed by atoms with van der Waals surface area (Å²) in [6.07, 6.45) is 0. The molecule has 1 aliphatic heterocycles. The lowest BCUT2D eigenvalue weighted by molar-refractivity contribution is -0.148. The molecular formula is C7H12N2O4. The molecule has 1 aliphatic rings. The first-order valence-corrected chi connectivity index (χ1v) is 3.98. The molecule has 0 saturated carbocycles. The van der Waals surface area contributed by atoms with Gasteiger partial charge in [0.2, 0.25) is 0 Å². The molecule has 0 aromatic rings. The number of carbonyl (C=O) groups excluding carboxylic acids is 1. The highest BCUT2D eigenvalue weighted by molar-refractivity contribution is 6.00. The van der Waals surface area contributed by atoms with Crippen LogP contribution in [-0.2, 0) is 14.3 Å². The number of morpholine rings is 1. The van der Waals surface area contributed by atoms with Crippen LogP contribution in [0.5, 0.6) is 0 Å². The second kappa shape index (κ2) is 4.20. The van der Waals surface area contributed by atoms with Crippen molar-refractivity contribution in [1.29, 1.82) is 0 Å². The highest BCUT2D eigenvalue weighted by Crippen LogP contribution is 1.99. The first-order chi connectivity index (χ1) is 6.13. The molecule has 1 unspecified atom stereocenters. The Morgan fingerprint density at radius 3 is 2.38 bits per heavy atom. The Bertz CT molecular complexity index is 213. The minimum atomic E-state index is -1.45. The van der Waals surface area contributed by atoms with E-state index in [4.69, 9.17) is 15.6 Å². The fourth-order valence-electron chi connectivity index (χ4n) is 1.09. The van der Waals surface area contributed by atoms with E-state index in [-0.39, 0.29) is 0 Å². The standard InChI is InChI=1S/C7H12N2O4/c8-5(7(11)12)6(10)9-1-3-13-4-2-9/h5H,1-4,8H2,(H,11,12). The number of carbonyl (C=O) groups is 2. The van der Waals surface area contributed by atoms with Crippen molar-refractivity contribution in [3.05, 3.63) is 0 Å². The minimum Gasteiger partial charge on any atom is -0.480 e. The zero-order valence-electron chi connectivity index (χ0n) is 7.10. The largest absolute Gasteiger partial charge is 0.480 e. The van der Waals surface area contributed by atoms with Gasteiger partial charge in [-0.3, -0.25) is 4.79 Å². The van der Waals surface area contributed by atoms with Crippen molar-refractivity contribution < 1.29 is 19.4 Å². The number of ether oxygens (including phenoxy) is 1. The number of nitrogens with zero attached hydrogens (tertiary/aromatic N) is 1. The molecule has 0 bridgehead atoms. The third-order valence-electron chi connectivity index (χ3n) is 1.85. The van der Waals surface area contributed by atoms with Gasteiger partial charge in [-0.1, -0.05) is 0 Å². The molecule has 74 valence electrons. The fraction of sp³-hybridized carbons (Fsp3) is 0.714. The maximum Gasteiger partial charge on any atom is 0.330 e. The Kier molecular flexibility index (Phi) is 3.21. The summed E-state index contributed by atoms with van der Waals surface area (Å²) in [5.41, 5.74) is 5.16. The topological polar surface area (TPSA) is 92.9 Å². The summed E-state index contributed by atoms with van der Waals surface area (Å²) < 4.78 is 5.01. The molecule has 0 aromatic heterocycles. The van der Waals surface area contributed by atoms with E-state index in [1.165, 1.54) is 4.90 Å². The molecule has 0 aromatic carbocycles. The molecule has 0 radical (unpaired) electrons. The van der Waals surface area contributed by atoms with Crippen LogP contribution in [0.3, 0.4) is 0 Å². The summed E-state index contributed by atoms with van der Waals surface area (Å²) in [6.45, 7) is 1.72. The van der Waals surface area contributed by atoms with E-state index in [2.05, 4.69) is 0 Å². The third-order valence-corrected chi connectivity index (χ3v) is 1.85. The van der Waals surface area contributed by atoms with Crippen molar-refractivity contribution in [3.63, 3.8) is 0 Å². The third kappa shape index (κ3) is 2.40. The predicted octanol–water partition coefficient (Wildman–Crippen LogP) is -1.74. The number of carboxylic acids is 1. The maximum atomic E-state index is 11.3. The van der Waals surface area contributed by atoms with Gasteiger partial charge in [0.1, 0.15) is 0 Å². The van der Waals surface area contributed by atoms with E-state index in [0.29, 0.717) is 26.3 Å². The SMILES string of the molecule is NC(C(=O)O)C(=O)N1CCOCC1. The second-order valence-electron chi connectivity index (χ2n) is 2.75. The van der Waals surface area contributed by atoms with Gasteiger partial charge in [-0.05, 0) is 0 Å². The average molecular weight is 188 g/mol. The highest BCUT2D eigenvalue weighted by Gasteiger charge is 2.27. The van der Waals surface area contributed by atoms with Crippen molar-refractivity contribution in [2.45, 2.75) is 6.04 Å². The Balaban J connectivity index is 2.50. The molecular weight excluding hydrogens is 176 g/mol. The van der Waals surface area contributed by atoms with Gasteiger partial charge < -0.3 is 20.5 Å². The zero-order chi connectivity index (χ0) is 9.84. The van der Waals surface area contributed by atoms with E-state index in [1.807, 2.05) is 0 Å². The molecule has 0 aliphatic carbocycles. The van der Waals surface area contributed by atoms with Gasteiger partial charge in [0.25, 0.3) is 5.91 Å². The average Bonchev–Trinajstić information content (AvgIpc) is 2.17. The maximum absolute atomic E-state index is 11.3. The lowest BCUT2D eigenvalue weighted by atomic mass is 10.2. The number of rotatable bonds is 2. The number of hydrogen-bond donors (Lipinski definition) is 2. The summed E-state index contributed by atoms with van der Waals surface area (Å²) in [7, 11) is 0. The van der Waals surface area contributed by atoms with Crippen molar-refractivity contribution in [2.75, 3.05) is 26.3 Å². The molecule has 3 N–H and O–H groups in total. The van der Waals surface area contributed by atoms with Crippen molar-refractivity contribution in [2.24, 2.45) is 5.73 Å². The Morgan fingerprint density at radius 1 is 1.38 bits per heavy atom. The van der Waals surface area contributed by atoms with Crippen LogP contribution in [0.2, 0.25) is 0 Å². The van der Waals surface area contributed by atoms with Gasteiger partial charge in [0.05, 0.1) is 13.2 Å². The molecule has 1 heterocycles. The summed E-state index contributed by atoms with van der Waals surface area (Å²) in [5, 5.41) is 8.48. The Hall–Kier alpha value is -1.14. The Labute approximate surface area is 75.3 Å². The second-order valence-corrected chi connectivity index (χ2v) is 2.75. The van der Waals surface area contributed by atoms with Crippen LogP contribution in [0, 0.1) is 0 Å². The lowest BCUT2D eigenvalue weighted by Crippen LogP contribution is -2.51. The summed E-state index contributed by atoms with van der Waals surface area (Å²) >= 11 is 0. The molecule has 0 spiro atoms. The monoisotopic (exact) mass is 188 g/mol. The van der Waals surface area contributed by atoms with Crippen molar-refractivity contribution in [3.8, 4) is 0 Å². The molecule has 1 saturated heterocycles. The quantitative estimate of drug-likeness (QED) is 0.502. The van der Waals surface area contributed by atoms with E-state index < -0.39 is 17.9 Å². The highest BCUT2D eigenvalue weighted by atomic mass is 16.5. The fourth-order valence-corrected chi connectivity index (χ4v) is 1.09. The van der Waals surface area contributed by atoms with Crippen LogP contribution in [0.4, 0.5) is 0 Å². The molecule has 1 amide bonds. The first kappa shape index (κ1) is 9.94. The molecule has 1 atom stereocenters. The van der Waals surface area contributed by atoms with Gasteiger partial charge in [-0.25, -0.2) is 4.79 Å². The van der Waals surface area contributed by atoms with Crippen molar-refractivity contribution >= 4 is 11.9 Å². The number of aliphatic carboxylic acids is 1. The minimum absolute atomic E-state index is 0.416. The van der Waals surface area contributed by atoms with Crippen LogP contribution in [0.1, 0.15) is 0 Å². The number of nitrogens with two attached hydrogens (primary N) is 1. The first-order valence-electron chi connectivity index (χ1n) is 3.98. The summed E-state index contributed by atoms with van der Waals surface area (Å²) in [5.74, 6) is -1.84. The van der Waals surface area contributed by atoms with E-state index in [1.54, 1.807) is 0 Å². The summed E-state index contributed by atoms with van der Waals surface area (Å²) in [4.78, 5) is 23.1. The van der Waals surface area contributed by atoms with E-state index in [9.17, 15) is 9.59 Å².